The second kappa shape index (κ2) is 70.8. The van der Waals surface area contributed by atoms with E-state index in [4.69, 9.17) is 9.47 Å². The number of esters is 2. The van der Waals surface area contributed by atoms with E-state index in [9.17, 15) is 29.4 Å². The zero-order chi connectivity index (χ0) is 57.3. The second-order valence-corrected chi connectivity index (χ2v) is 24.1. The maximum atomic E-state index is 12.5. The van der Waals surface area contributed by atoms with Gasteiger partial charge in [0.2, 0.25) is 0 Å². The van der Waals surface area contributed by atoms with E-state index in [0.717, 1.165) is 128 Å². The summed E-state index contributed by atoms with van der Waals surface area (Å²) in [5, 5.41) is 20.9. The molecule has 2 atom stereocenters. The van der Waals surface area contributed by atoms with Crippen LogP contribution in [-0.4, -0.2) is 36.1 Å². The molecule has 79 heavy (non-hydrogen) atoms. The molecular formula is C70H134O8Zn. The zero-order valence-electron chi connectivity index (χ0n) is 53.6. The third-order valence-electron chi connectivity index (χ3n) is 16.1. The van der Waals surface area contributed by atoms with Crippen molar-refractivity contribution in [3.63, 3.8) is 0 Å². The minimum Gasteiger partial charge on any atom is -0.550 e. The minimum absolute atomic E-state index is 0. The maximum Gasteiger partial charge on any atom is 2.00 e. The molecule has 0 rings (SSSR count). The van der Waals surface area contributed by atoms with Gasteiger partial charge in [-0.3, -0.25) is 9.59 Å². The molecule has 0 aliphatic heterocycles. The van der Waals surface area contributed by atoms with E-state index in [-0.39, 0.29) is 56.5 Å². The summed E-state index contributed by atoms with van der Waals surface area (Å²) < 4.78 is 11.9. The van der Waals surface area contributed by atoms with Gasteiger partial charge in [-0.15, -0.1) is 0 Å². The van der Waals surface area contributed by atoms with Gasteiger partial charge in [-0.05, 0) is 89.9 Å². The summed E-state index contributed by atoms with van der Waals surface area (Å²) in [6, 6.07) is 0. The first kappa shape index (κ1) is 81.7. The maximum absolute atomic E-state index is 12.5. The number of aliphatic carboxylic acids is 2. The second-order valence-electron chi connectivity index (χ2n) is 24.1. The van der Waals surface area contributed by atoms with Gasteiger partial charge in [0.05, 0.1) is 0 Å². The molecule has 0 heterocycles. The van der Waals surface area contributed by atoms with Crippen LogP contribution in [0.4, 0.5) is 0 Å². The van der Waals surface area contributed by atoms with Crippen molar-refractivity contribution >= 4 is 23.9 Å². The van der Waals surface area contributed by atoms with E-state index in [0.29, 0.717) is 12.8 Å². The minimum atomic E-state index is -0.936. The molecule has 9 heteroatoms. The number of rotatable bonds is 64. The van der Waals surface area contributed by atoms with Crippen LogP contribution in [0.5, 0.6) is 0 Å². The number of ether oxygens (including phenoxy) is 2. The van der Waals surface area contributed by atoms with E-state index in [1.54, 1.807) is 0 Å². The van der Waals surface area contributed by atoms with E-state index in [2.05, 4.69) is 27.7 Å². The molecule has 0 aliphatic rings. The Morgan fingerprint density at radius 3 is 0.570 bits per heavy atom. The fourth-order valence-electron chi connectivity index (χ4n) is 10.9. The van der Waals surface area contributed by atoms with Crippen molar-refractivity contribution in [2.24, 2.45) is 0 Å². The first-order valence-electron chi connectivity index (χ1n) is 35.0. The van der Waals surface area contributed by atoms with E-state index in [1.165, 1.54) is 231 Å². The number of carboxylic acids is 2. The van der Waals surface area contributed by atoms with Crippen LogP contribution in [0.25, 0.3) is 0 Å². The molecule has 0 N–H and O–H groups in total. The fourth-order valence-corrected chi connectivity index (χ4v) is 10.9. The van der Waals surface area contributed by atoms with Crippen LogP contribution < -0.4 is 10.2 Å². The molecule has 2 unspecified atom stereocenters. The molecule has 0 aromatic heterocycles. The largest absolute Gasteiger partial charge is 2.00 e. The average molecular weight is 1170 g/mol. The van der Waals surface area contributed by atoms with E-state index in [1.807, 2.05) is 0 Å². The van der Waals surface area contributed by atoms with E-state index < -0.39 is 11.9 Å². The molecular weight excluding hydrogens is 1030 g/mol. The van der Waals surface area contributed by atoms with Crippen LogP contribution in [0.2, 0.25) is 0 Å². The van der Waals surface area contributed by atoms with Gasteiger partial charge in [-0.2, -0.15) is 0 Å². The van der Waals surface area contributed by atoms with Crippen molar-refractivity contribution in [1.29, 1.82) is 0 Å². The van der Waals surface area contributed by atoms with Crippen molar-refractivity contribution < 1.29 is 58.3 Å². The van der Waals surface area contributed by atoms with Gasteiger partial charge in [-0.25, -0.2) is 0 Å². The Bertz CT molecular complexity index is 1140. The van der Waals surface area contributed by atoms with Gasteiger partial charge in [0.1, 0.15) is 12.2 Å². The van der Waals surface area contributed by atoms with Crippen LogP contribution in [0.15, 0.2) is 0 Å². The van der Waals surface area contributed by atoms with Crippen molar-refractivity contribution in [3.05, 3.63) is 0 Å². The van der Waals surface area contributed by atoms with Crippen LogP contribution in [0, 0.1) is 0 Å². The summed E-state index contributed by atoms with van der Waals surface area (Å²) in [5.41, 5.74) is 0. The van der Waals surface area contributed by atoms with E-state index >= 15 is 0 Å². The Morgan fingerprint density at radius 2 is 0.392 bits per heavy atom. The van der Waals surface area contributed by atoms with Gasteiger partial charge >= 0.3 is 31.4 Å². The molecule has 464 valence electrons. The predicted octanol–water partition coefficient (Wildman–Crippen LogP) is 20.8. The van der Waals surface area contributed by atoms with Gasteiger partial charge in [0.25, 0.3) is 0 Å². The summed E-state index contributed by atoms with van der Waals surface area (Å²) >= 11 is 0. The third-order valence-corrected chi connectivity index (χ3v) is 16.1. The topological polar surface area (TPSA) is 133 Å². The third kappa shape index (κ3) is 72.6. The van der Waals surface area contributed by atoms with Crippen LogP contribution in [-0.2, 0) is 48.1 Å². The smallest absolute Gasteiger partial charge is 0.550 e. The molecule has 0 saturated heterocycles. The van der Waals surface area contributed by atoms with Crippen LogP contribution >= 0.6 is 0 Å². The Morgan fingerprint density at radius 1 is 0.241 bits per heavy atom. The van der Waals surface area contributed by atoms with Crippen LogP contribution in [0.1, 0.15) is 413 Å². The predicted molar refractivity (Wildman–Crippen MR) is 329 cm³/mol. The molecule has 0 fully saturated rings. The number of carbonyl (C=O) groups is 4. The summed E-state index contributed by atoms with van der Waals surface area (Å²) in [4.78, 5) is 46.0. The molecule has 0 aliphatic carbocycles. The SMILES string of the molecule is CCCCCCCCCCCCCCCCC(=O)OC(CCCCCCC)CCCCCCCCCC(=O)[O-].CCCCCCCCCCCCCCCCC(=O)OC(CCCCCCC)CCCCCCCCCC(=O)[O-].[Zn+2]. The van der Waals surface area contributed by atoms with Gasteiger partial charge in [0.15, 0.2) is 0 Å². The standard InChI is InChI=1S/2C35H68O4.Zn/c2*1-3-5-7-9-10-11-12-13-14-15-16-20-24-28-32-35(38)39-33(29-25-21-8-6-4-2)30-26-22-18-17-19-23-27-31-34(36)37;/h2*33H,3-32H2,1-2H3,(H,36,37);/q;;+2/p-2. The molecule has 0 spiro atoms. The molecule has 0 aromatic carbocycles. The summed E-state index contributed by atoms with van der Waals surface area (Å²) in [7, 11) is 0. The van der Waals surface area contributed by atoms with Gasteiger partial charge in [0, 0.05) is 24.8 Å². The Labute approximate surface area is 504 Å². The van der Waals surface area contributed by atoms with Crippen LogP contribution in [0.3, 0.4) is 0 Å². The number of hydrogen-bond acceptors (Lipinski definition) is 8. The monoisotopic (exact) mass is 1170 g/mol. The fraction of sp³-hybridized carbons (Fsp3) is 0.943. The summed E-state index contributed by atoms with van der Waals surface area (Å²) in [6.45, 7) is 9.04. The first-order valence-corrected chi connectivity index (χ1v) is 35.0. The number of carbonyl (C=O) groups excluding carboxylic acids is 4. The summed E-state index contributed by atoms with van der Waals surface area (Å²) in [5.74, 6) is -1.84. The Balaban J connectivity index is -0.00000144. The van der Waals surface area contributed by atoms with Crippen molar-refractivity contribution in [2.45, 2.75) is 425 Å². The quantitative estimate of drug-likeness (QED) is 0.0334. The zero-order valence-corrected chi connectivity index (χ0v) is 56.5. The number of unbranched alkanes of at least 4 members (excludes halogenated alkanes) is 46. The van der Waals surface area contributed by atoms with Crippen molar-refractivity contribution in [2.75, 3.05) is 0 Å². The molecule has 8 nitrogen and oxygen atoms in total. The summed E-state index contributed by atoms with van der Waals surface area (Å²) in [6.07, 6.45) is 70.3. The van der Waals surface area contributed by atoms with Crippen molar-refractivity contribution in [1.82, 2.24) is 0 Å². The van der Waals surface area contributed by atoms with Gasteiger partial charge < -0.3 is 29.3 Å². The first-order chi connectivity index (χ1) is 38.2. The molecule has 0 radical (unpaired) electrons. The number of hydrogen-bond donors (Lipinski definition) is 0. The molecule has 0 amide bonds. The number of carboxylic acid groups (broad SMARTS) is 2. The molecule has 0 saturated carbocycles. The average Bonchev–Trinajstić information content (AvgIpc) is 3.41. The molecule has 0 aromatic rings. The van der Waals surface area contributed by atoms with Gasteiger partial charge in [-0.1, -0.05) is 310 Å². The Hall–Kier alpha value is -1.50. The Kier molecular flexibility index (Phi) is 73.2. The van der Waals surface area contributed by atoms with Crippen molar-refractivity contribution in [3.8, 4) is 0 Å². The normalized spacial score (nSPS) is 11.9. The molecule has 0 bridgehead atoms.